The van der Waals surface area contributed by atoms with Crippen LogP contribution in [0.25, 0.3) is 33.5 Å². The Bertz CT molecular complexity index is 1580. The number of aromatic amines is 2. The van der Waals surface area contributed by atoms with E-state index in [0.717, 1.165) is 48.4 Å². The molecule has 0 aliphatic carbocycles. The van der Waals surface area contributed by atoms with Gasteiger partial charge in [-0.2, -0.15) is 5.10 Å². The summed E-state index contributed by atoms with van der Waals surface area (Å²) in [5, 5.41) is 9.88. The number of H-pyrrole nitrogens is 2. The van der Waals surface area contributed by atoms with Crippen molar-refractivity contribution in [1.82, 2.24) is 25.1 Å². The zero-order valence-corrected chi connectivity index (χ0v) is 20.1. The number of fused-ring (bicyclic) bond motifs is 2. The molecule has 1 fully saturated rings. The van der Waals surface area contributed by atoms with E-state index < -0.39 is 10.0 Å². The van der Waals surface area contributed by atoms with Crippen molar-refractivity contribution in [3.05, 3.63) is 53.9 Å². The number of aromatic nitrogens is 4. The molecular formula is C23H23N7O2S2. The average molecular weight is 494 g/mol. The summed E-state index contributed by atoms with van der Waals surface area (Å²) >= 11 is 1.17. The van der Waals surface area contributed by atoms with E-state index in [9.17, 15) is 8.42 Å². The van der Waals surface area contributed by atoms with Crippen molar-refractivity contribution in [3.63, 3.8) is 0 Å². The molecule has 174 valence electrons. The molecule has 4 heterocycles. The molecule has 1 aliphatic rings. The smallest absolute Gasteiger partial charge is 0.271 e. The lowest BCUT2D eigenvalue weighted by Gasteiger charge is -2.34. The first kappa shape index (κ1) is 21.1. The Balaban J connectivity index is 1.39. The monoisotopic (exact) mass is 493 g/mol. The third-order valence-electron chi connectivity index (χ3n) is 6.15. The standard InChI is InChI=1S/C23H23N7O2S2/c1-29-9-11-30(12-10-29)15-7-8-16-19(14-15)25-23(24-16)22-21-17(26-27-22)4-2-5-18(21)28-34(31,32)20-6-3-13-33-20/h2-8,13-14,28H,9-12H2,1H3,(H,24,25)(H,26,27). The van der Waals surface area contributed by atoms with Gasteiger partial charge in [0, 0.05) is 31.9 Å². The molecule has 3 aromatic heterocycles. The fourth-order valence-corrected chi connectivity index (χ4v) is 6.38. The van der Waals surface area contributed by atoms with Gasteiger partial charge >= 0.3 is 0 Å². The van der Waals surface area contributed by atoms with Crippen molar-refractivity contribution < 1.29 is 8.42 Å². The molecule has 0 spiro atoms. The van der Waals surface area contributed by atoms with Crippen LogP contribution in [0.4, 0.5) is 11.4 Å². The van der Waals surface area contributed by atoms with Crippen LogP contribution in [0.2, 0.25) is 0 Å². The summed E-state index contributed by atoms with van der Waals surface area (Å²) in [7, 11) is -1.55. The molecule has 6 rings (SSSR count). The topological polar surface area (TPSA) is 110 Å². The van der Waals surface area contributed by atoms with Gasteiger partial charge in [-0.15, -0.1) is 11.3 Å². The van der Waals surface area contributed by atoms with Crippen molar-refractivity contribution in [2.75, 3.05) is 42.8 Å². The van der Waals surface area contributed by atoms with Gasteiger partial charge in [0.25, 0.3) is 10.0 Å². The third-order valence-corrected chi connectivity index (χ3v) is 8.91. The summed E-state index contributed by atoms with van der Waals surface area (Å²) in [6.45, 7) is 4.05. The Morgan fingerprint density at radius 3 is 2.68 bits per heavy atom. The summed E-state index contributed by atoms with van der Waals surface area (Å²) < 4.78 is 28.7. The molecule has 0 bridgehead atoms. The average Bonchev–Trinajstić information content (AvgIpc) is 3.58. The summed E-state index contributed by atoms with van der Waals surface area (Å²) in [4.78, 5) is 12.8. The lowest BCUT2D eigenvalue weighted by Crippen LogP contribution is -2.44. The second-order valence-electron chi connectivity index (χ2n) is 8.42. The van der Waals surface area contributed by atoms with Crippen molar-refractivity contribution in [3.8, 4) is 11.5 Å². The Morgan fingerprint density at radius 2 is 1.88 bits per heavy atom. The van der Waals surface area contributed by atoms with E-state index in [2.05, 4.69) is 48.9 Å². The van der Waals surface area contributed by atoms with Gasteiger partial charge < -0.3 is 14.8 Å². The zero-order chi connectivity index (χ0) is 23.3. The Hall–Kier alpha value is -3.41. The van der Waals surface area contributed by atoms with E-state index in [1.807, 2.05) is 12.1 Å². The second-order valence-corrected chi connectivity index (χ2v) is 11.3. The number of anilines is 2. The first-order chi connectivity index (χ1) is 16.5. The summed E-state index contributed by atoms with van der Waals surface area (Å²) in [5.41, 5.74) is 4.65. The van der Waals surface area contributed by atoms with E-state index >= 15 is 0 Å². The molecule has 1 aliphatic heterocycles. The fraction of sp³-hybridized carbons (Fsp3) is 0.217. The zero-order valence-electron chi connectivity index (χ0n) is 18.4. The number of hydrogen-bond acceptors (Lipinski definition) is 7. The van der Waals surface area contributed by atoms with Crippen molar-refractivity contribution in [2.45, 2.75) is 4.21 Å². The van der Waals surface area contributed by atoms with Crippen LogP contribution in [0.1, 0.15) is 0 Å². The lowest BCUT2D eigenvalue weighted by atomic mass is 10.1. The third kappa shape index (κ3) is 3.71. The highest BCUT2D eigenvalue weighted by Gasteiger charge is 2.21. The number of piperazine rings is 1. The molecule has 2 aromatic carbocycles. The molecule has 1 saturated heterocycles. The maximum atomic E-state index is 12.9. The Morgan fingerprint density at radius 1 is 1.03 bits per heavy atom. The van der Waals surface area contributed by atoms with Crippen molar-refractivity contribution in [1.29, 1.82) is 0 Å². The molecule has 9 nitrogen and oxygen atoms in total. The molecule has 0 saturated carbocycles. The van der Waals surface area contributed by atoms with Gasteiger partial charge in [0.05, 0.1) is 27.6 Å². The summed E-state index contributed by atoms with van der Waals surface area (Å²) in [6.07, 6.45) is 0. The number of nitrogens with one attached hydrogen (secondary N) is 3. The molecule has 0 radical (unpaired) electrons. The minimum atomic E-state index is -3.70. The van der Waals surface area contributed by atoms with Gasteiger partial charge in [-0.1, -0.05) is 12.1 Å². The number of nitrogens with zero attached hydrogens (tertiary/aromatic N) is 4. The summed E-state index contributed by atoms with van der Waals surface area (Å²) in [6, 6.07) is 14.9. The number of likely N-dealkylation sites (N-methyl/N-ethyl adjacent to an activating group) is 1. The van der Waals surface area contributed by atoms with Gasteiger partial charge in [0.15, 0.2) is 5.82 Å². The van der Waals surface area contributed by atoms with E-state index in [0.29, 0.717) is 22.6 Å². The fourth-order valence-electron chi connectivity index (χ4n) is 4.31. The van der Waals surface area contributed by atoms with Crippen LogP contribution in [0.5, 0.6) is 0 Å². The van der Waals surface area contributed by atoms with Gasteiger partial charge in [-0.25, -0.2) is 13.4 Å². The highest BCUT2D eigenvalue weighted by molar-refractivity contribution is 7.94. The molecule has 0 amide bonds. The minimum Gasteiger partial charge on any atom is -0.369 e. The molecule has 11 heteroatoms. The van der Waals surface area contributed by atoms with E-state index in [1.165, 1.54) is 11.3 Å². The molecule has 0 unspecified atom stereocenters. The number of rotatable bonds is 5. The lowest BCUT2D eigenvalue weighted by molar-refractivity contribution is 0.313. The van der Waals surface area contributed by atoms with Crippen LogP contribution < -0.4 is 9.62 Å². The normalized spacial score (nSPS) is 15.4. The quantitative estimate of drug-likeness (QED) is 0.344. The van der Waals surface area contributed by atoms with Crippen LogP contribution in [0.3, 0.4) is 0 Å². The highest BCUT2D eigenvalue weighted by atomic mass is 32.2. The van der Waals surface area contributed by atoms with E-state index in [1.54, 1.807) is 29.6 Å². The predicted molar refractivity (Wildman–Crippen MR) is 136 cm³/mol. The van der Waals surface area contributed by atoms with Crippen LogP contribution in [-0.2, 0) is 10.0 Å². The Kier molecular flexibility index (Phi) is 5.05. The maximum Gasteiger partial charge on any atom is 0.271 e. The van der Waals surface area contributed by atoms with Crippen LogP contribution >= 0.6 is 11.3 Å². The van der Waals surface area contributed by atoms with Gasteiger partial charge in [-0.05, 0) is 48.8 Å². The highest BCUT2D eigenvalue weighted by Crippen LogP contribution is 2.34. The summed E-state index contributed by atoms with van der Waals surface area (Å²) in [5.74, 6) is 0.583. The number of imidazole rings is 1. The first-order valence-corrected chi connectivity index (χ1v) is 13.3. The maximum absolute atomic E-state index is 12.9. The van der Waals surface area contributed by atoms with Crippen LogP contribution in [0, 0.1) is 0 Å². The minimum absolute atomic E-state index is 0.259. The molecule has 5 aromatic rings. The van der Waals surface area contributed by atoms with Crippen LogP contribution in [0.15, 0.2) is 58.1 Å². The van der Waals surface area contributed by atoms with Gasteiger partial charge in [0.1, 0.15) is 9.90 Å². The second kappa shape index (κ2) is 8.12. The largest absolute Gasteiger partial charge is 0.369 e. The molecular weight excluding hydrogens is 470 g/mol. The van der Waals surface area contributed by atoms with Gasteiger partial charge in [0.2, 0.25) is 0 Å². The molecule has 3 N–H and O–H groups in total. The van der Waals surface area contributed by atoms with Crippen molar-refractivity contribution >= 4 is 54.7 Å². The van der Waals surface area contributed by atoms with E-state index in [4.69, 9.17) is 4.98 Å². The number of hydrogen-bond donors (Lipinski definition) is 3. The number of thiophene rings is 1. The Labute approximate surface area is 200 Å². The number of sulfonamides is 1. The van der Waals surface area contributed by atoms with E-state index in [-0.39, 0.29) is 4.21 Å². The first-order valence-electron chi connectivity index (χ1n) is 10.9. The SMILES string of the molecule is CN1CCN(c2ccc3nc(-c4n[nH]c5cccc(NS(=O)(=O)c6cccs6)c45)[nH]c3c2)CC1. The van der Waals surface area contributed by atoms with Gasteiger partial charge in [-0.3, -0.25) is 9.82 Å². The predicted octanol–water partition coefficient (Wildman–Crippen LogP) is 3.72. The number of benzene rings is 2. The molecule has 34 heavy (non-hydrogen) atoms. The van der Waals surface area contributed by atoms with Crippen LogP contribution in [-0.4, -0.2) is 66.7 Å². The molecule has 0 atom stereocenters. The van der Waals surface area contributed by atoms with Crippen molar-refractivity contribution in [2.24, 2.45) is 0 Å².